The van der Waals surface area contributed by atoms with E-state index in [2.05, 4.69) is 26.1 Å². The summed E-state index contributed by atoms with van der Waals surface area (Å²) in [5.41, 5.74) is 3.80. The normalized spacial score (nSPS) is 27.9. The van der Waals surface area contributed by atoms with Crippen LogP contribution >= 0.6 is 12.4 Å². The number of aliphatic carboxylic acids is 1. The second kappa shape index (κ2) is 12.7. The van der Waals surface area contributed by atoms with Crippen LogP contribution in [0.2, 0.25) is 0 Å². The summed E-state index contributed by atoms with van der Waals surface area (Å²) < 4.78 is 6.40. The third-order valence-corrected chi connectivity index (χ3v) is 10.1. The summed E-state index contributed by atoms with van der Waals surface area (Å²) in [6.07, 6.45) is 1.70. The lowest BCUT2D eigenvalue weighted by Gasteiger charge is -2.62. The van der Waals surface area contributed by atoms with Crippen molar-refractivity contribution in [2.45, 2.75) is 87.6 Å². The van der Waals surface area contributed by atoms with Gasteiger partial charge in [-0.1, -0.05) is 50.2 Å². The maximum atomic E-state index is 13.3. The minimum absolute atomic E-state index is 0. The fourth-order valence-corrected chi connectivity index (χ4v) is 8.00. The van der Waals surface area contributed by atoms with Crippen molar-refractivity contribution in [2.75, 3.05) is 13.6 Å². The van der Waals surface area contributed by atoms with E-state index < -0.39 is 47.1 Å². The average molecular weight is 656 g/mol. The molecule has 2 aromatic carbocycles. The number of urea groups is 1. The van der Waals surface area contributed by atoms with Crippen molar-refractivity contribution in [2.24, 2.45) is 11.0 Å². The first kappa shape index (κ1) is 33.5. The van der Waals surface area contributed by atoms with Crippen LogP contribution in [-0.2, 0) is 27.8 Å². The van der Waals surface area contributed by atoms with E-state index in [9.17, 15) is 29.7 Å². The number of phenolic OH excluding ortho intramolecular Hbond substituents is 1. The van der Waals surface area contributed by atoms with Gasteiger partial charge in [0.25, 0.3) is 0 Å². The fourth-order valence-electron chi connectivity index (χ4n) is 8.00. The van der Waals surface area contributed by atoms with E-state index in [0.717, 1.165) is 23.2 Å². The Morgan fingerprint density at radius 3 is 2.52 bits per heavy atom. The number of phenols is 1. The Bertz CT molecular complexity index is 1540. The number of piperidine rings is 1. The quantitative estimate of drug-likeness (QED) is 0.224. The third kappa shape index (κ3) is 5.56. The molecular weight excluding hydrogens is 614 g/mol. The Hall–Kier alpha value is -3.87. The topological polar surface area (TPSA) is 173 Å². The van der Waals surface area contributed by atoms with Gasteiger partial charge in [0.2, 0.25) is 5.91 Å². The molecule has 2 fully saturated rings. The zero-order valence-electron chi connectivity index (χ0n) is 26.2. The molecular formula is C33H42ClN5O7. The highest BCUT2D eigenvalue weighted by Crippen LogP contribution is 2.64. The molecule has 2 aliphatic heterocycles. The molecule has 0 aromatic heterocycles. The monoisotopic (exact) mass is 655 g/mol. The summed E-state index contributed by atoms with van der Waals surface area (Å²) in [6.45, 7) is 4.47. The summed E-state index contributed by atoms with van der Waals surface area (Å²) in [7, 11) is 2.02. The second-order valence-electron chi connectivity index (χ2n) is 13.3. The van der Waals surface area contributed by atoms with Gasteiger partial charge in [0.05, 0.1) is 16.7 Å². The van der Waals surface area contributed by atoms with Crippen LogP contribution in [-0.4, -0.2) is 87.3 Å². The predicted molar refractivity (Wildman–Crippen MR) is 172 cm³/mol. The predicted octanol–water partition coefficient (Wildman–Crippen LogP) is 2.48. The molecule has 1 saturated heterocycles. The number of nitrogens with one attached hydrogen (secondary N) is 3. The molecule has 2 aliphatic carbocycles. The zero-order valence-corrected chi connectivity index (χ0v) is 27.0. The molecule has 46 heavy (non-hydrogen) atoms. The first-order chi connectivity index (χ1) is 21.4. The maximum Gasteiger partial charge on any atom is 0.335 e. The molecule has 3 amide bonds. The van der Waals surface area contributed by atoms with Crippen LogP contribution in [0.3, 0.4) is 0 Å². The Balaban J connectivity index is 0.00000417. The van der Waals surface area contributed by atoms with Gasteiger partial charge in [-0.3, -0.25) is 4.79 Å². The molecule has 248 valence electrons. The van der Waals surface area contributed by atoms with Crippen LogP contribution in [0.25, 0.3) is 0 Å². The number of hydrazone groups is 1. The molecule has 0 radical (unpaired) electrons. The molecule has 6 atom stereocenters. The molecule has 2 bridgehead atoms. The molecule has 1 saturated carbocycles. The lowest BCUT2D eigenvalue weighted by atomic mass is 9.49. The fraction of sp³-hybridized carbons (Fsp3) is 0.515. The van der Waals surface area contributed by atoms with Crippen LogP contribution in [0, 0.1) is 5.92 Å². The molecule has 12 nitrogen and oxygen atoms in total. The van der Waals surface area contributed by atoms with Gasteiger partial charge in [0, 0.05) is 18.0 Å². The van der Waals surface area contributed by atoms with Crippen molar-refractivity contribution in [3.05, 3.63) is 59.2 Å². The summed E-state index contributed by atoms with van der Waals surface area (Å²) in [4.78, 5) is 40.6. The van der Waals surface area contributed by atoms with Crippen LogP contribution in [0.5, 0.6) is 11.5 Å². The summed E-state index contributed by atoms with van der Waals surface area (Å²) in [6, 6.07) is 9.61. The van der Waals surface area contributed by atoms with Gasteiger partial charge in [-0.2, -0.15) is 5.10 Å². The van der Waals surface area contributed by atoms with E-state index in [0.29, 0.717) is 37.1 Å². The number of carbonyl (C=O) groups is 3. The molecule has 6 N–H and O–H groups in total. The van der Waals surface area contributed by atoms with Gasteiger partial charge < -0.3 is 35.6 Å². The summed E-state index contributed by atoms with van der Waals surface area (Å²) in [5, 5.41) is 42.4. The average Bonchev–Trinajstić information content (AvgIpc) is 3.35. The first-order valence-electron chi connectivity index (χ1n) is 15.6. The third-order valence-electron chi connectivity index (χ3n) is 10.1. The van der Waals surface area contributed by atoms with Crippen LogP contribution in [0.15, 0.2) is 47.6 Å². The molecule has 2 aromatic rings. The highest BCUT2D eigenvalue weighted by atomic mass is 35.5. The number of aromatic hydroxyl groups is 1. The molecule has 4 aliphatic rings. The summed E-state index contributed by atoms with van der Waals surface area (Å²) >= 11 is 0. The number of aliphatic hydroxyl groups is 1. The zero-order chi connectivity index (χ0) is 32.1. The van der Waals surface area contributed by atoms with Gasteiger partial charge in [-0.05, 0) is 68.8 Å². The number of carboxylic acid groups (broad SMARTS) is 1. The number of nitrogens with zero attached hydrogens (tertiary/aromatic N) is 2. The van der Waals surface area contributed by atoms with E-state index in [-0.39, 0.29) is 43.0 Å². The van der Waals surface area contributed by atoms with E-state index in [1.54, 1.807) is 6.07 Å². The minimum Gasteiger partial charge on any atom is -0.504 e. The largest absolute Gasteiger partial charge is 0.504 e. The maximum absolute atomic E-state index is 13.3. The van der Waals surface area contributed by atoms with Crippen molar-refractivity contribution in [3.63, 3.8) is 0 Å². The number of likely N-dealkylation sites (N-methyl/N-ethyl adjacent to an activating group) is 1. The van der Waals surface area contributed by atoms with Gasteiger partial charge in [0.15, 0.2) is 17.6 Å². The SMILES string of the molecule is CC(C)CC(NC(=O)C(Cc1ccccc1)NC(=O)N/N=C1/CC[C@@]2(O)C3Cc4ccc(O)c5c4C2(CCN3C)[C@H]1O5)C(=O)O.Cl. The van der Waals surface area contributed by atoms with E-state index in [4.69, 9.17) is 4.74 Å². The van der Waals surface area contributed by atoms with Crippen LogP contribution in [0.1, 0.15) is 56.2 Å². The standard InChI is InChI=1S/C33H41N5O7.ClH/c1-18(2)15-23(30(41)42)34-29(40)22(16-19-7-5-4-6-8-19)35-31(43)37-36-21-11-12-33(44)25-17-20-9-10-24(39)27-26(20)32(33,28(21)45-27)13-14-38(25)3;/h4-10,18,22-23,25,28,39,44H,11-17H2,1-3H3,(H,34,40)(H,41,42)(H2,35,37,43);1H/b36-21-;/t22?,23?,25?,28-,32?,33+;/m0./s1. The van der Waals surface area contributed by atoms with Gasteiger partial charge in [-0.15, -0.1) is 12.4 Å². The van der Waals surface area contributed by atoms with Crippen LogP contribution < -0.4 is 20.8 Å². The number of amides is 3. The number of carboxylic acids is 1. The number of halogens is 1. The molecule has 13 heteroatoms. The van der Waals surface area contributed by atoms with Crippen molar-refractivity contribution in [3.8, 4) is 11.5 Å². The molecule has 4 unspecified atom stereocenters. The molecule has 1 spiro atoms. The number of benzene rings is 2. The highest BCUT2D eigenvalue weighted by molar-refractivity contribution is 5.96. The molecule has 2 heterocycles. The van der Waals surface area contributed by atoms with Gasteiger partial charge in [-0.25, -0.2) is 15.0 Å². The number of hydrogen-bond donors (Lipinski definition) is 6. The Morgan fingerprint density at radius 2 is 1.83 bits per heavy atom. The smallest absolute Gasteiger partial charge is 0.335 e. The van der Waals surface area contributed by atoms with Crippen molar-refractivity contribution in [1.29, 1.82) is 0 Å². The van der Waals surface area contributed by atoms with E-state index in [1.807, 2.05) is 57.3 Å². The van der Waals surface area contributed by atoms with Gasteiger partial charge in [0.1, 0.15) is 12.1 Å². The minimum atomic E-state index is -1.14. The Kier molecular flexibility index (Phi) is 9.27. The number of hydrogen-bond acceptors (Lipinski definition) is 8. The molecule has 6 rings (SSSR count). The second-order valence-corrected chi connectivity index (χ2v) is 13.3. The van der Waals surface area contributed by atoms with Gasteiger partial charge >= 0.3 is 12.0 Å². The van der Waals surface area contributed by atoms with Crippen LogP contribution in [0.4, 0.5) is 4.79 Å². The Morgan fingerprint density at radius 1 is 1.09 bits per heavy atom. The highest BCUT2D eigenvalue weighted by Gasteiger charge is 2.72. The number of carbonyl (C=O) groups excluding carboxylic acids is 2. The lowest BCUT2D eigenvalue weighted by Crippen LogP contribution is -2.76. The Labute approximate surface area is 274 Å². The van der Waals surface area contributed by atoms with E-state index in [1.165, 1.54) is 0 Å². The summed E-state index contributed by atoms with van der Waals surface area (Å²) in [5.74, 6) is -1.35. The number of rotatable bonds is 9. The van der Waals surface area contributed by atoms with E-state index >= 15 is 0 Å². The lowest BCUT2D eigenvalue weighted by molar-refractivity contribution is -0.160. The van der Waals surface area contributed by atoms with Crippen molar-refractivity contribution < 1.29 is 34.4 Å². The number of ether oxygens (including phenoxy) is 1. The number of likely N-dealkylation sites (tertiary alicyclic amines) is 1. The van der Waals surface area contributed by atoms with Crippen molar-refractivity contribution >= 4 is 36.0 Å². The van der Waals surface area contributed by atoms with Crippen molar-refractivity contribution in [1.82, 2.24) is 21.0 Å². The first-order valence-corrected chi connectivity index (χ1v) is 15.6.